The van der Waals surface area contributed by atoms with Crippen molar-refractivity contribution in [1.29, 1.82) is 0 Å². The molecule has 1 aliphatic rings. The van der Waals surface area contributed by atoms with E-state index in [2.05, 4.69) is 24.0 Å². The Labute approximate surface area is 158 Å². The Bertz CT molecular complexity index is 726. The van der Waals surface area contributed by atoms with Crippen LogP contribution in [-0.4, -0.2) is 61.0 Å². The summed E-state index contributed by atoms with van der Waals surface area (Å²) in [5, 5.41) is 1.95. The van der Waals surface area contributed by atoms with Crippen molar-refractivity contribution >= 4 is 17.2 Å². The second-order valence-corrected chi connectivity index (χ2v) is 7.34. The smallest absolute Gasteiger partial charge is 0.253 e. The fraction of sp³-hybridized carbons (Fsp3) is 0.474. The van der Waals surface area contributed by atoms with Gasteiger partial charge < -0.3 is 19.3 Å². The number of carbonyl (C=O) groups is 1. The molecule has 140 valence electrons. The van der Waals surface area contributed by atoms with Gasteiger partial charge in [0, 0.05) is 30.1 Å². The fourth-order valence-electron chi connectivity index (χ4n) is 3.15. The molecule has 0 atom stereocenters. The number of methoxy groups -OCH3 is 1. The third-order valence-electron chi connectivity index (χ3n) is 4.75. The summed E-state index contributed by atoms with van der Waals surface area (Å²) >= 11 is 1.53. The minimum absolute atomic E-state index is 0.0477. The molecule has 0 radical (unpaired) electrons. The number of hydrogen-bond donors (Lipinski definition) is 0. The summed E-state index contributed by atoms with van der Waals surface area (Å²) in [6.07, 6.45) is 2.01. The number of amides is 1. The maximum absolute atomic E-state index is 12.8. The van der Waals surface area contributed by atoms with Gasteiger partial charge in [0.2, 0.25) is 0 Å². The molecule has 3 rings (SSSR count). The summed E-state index contributed by atoms with van der Waals surface area (Å²) < 4.78 is 11.2. The number of nitrogens with zero attached hydrogens (tertiary/aromatic N) is 3. The second-order valence-electron chi connectivity index (χ2n) is 6.62. The highest BCUT2D eigenvalue weighted by Crippen LogP contribution is 2.30. The molecule has 1 amide bonds. The molecule has 0 bridgehead atoms. The average Bonchev–Trinajstić information content (AvgIpc) is 3.19. The zero-order chi connectivity index (χ0) is 18.5. The number of aromatic nitrogens is 1. The highest BCUT2D eigenvalue weighted by molar-refractivity contribution is 7.07. The van der Waals surface area contributed by atoms with Crippen molar-refractivity contribution in [3.63, 3.8) is 0 Å². The predicted octanol–water partition coefficient (Wildman–Crippen LogP) is 2.90. The molecule has 1 aromatic heterocycles. The molecule has 1 saturated heterocycles. The number of thiazole rings is 1. The topological polar surface area (TPSA) is 54.9 Å². The Morgan fingerprint density at radius 1 is 1.31 bits per heavy atom. The number of carbonyl (C=O) groups excluding carboxylic acids is 1. The van der Waals surface area contributed by atoms with Crippen molar-refractivity contribution in [2.24, 2.45) is 0 Å². The van der Waals surface area contributed by atoms with Gasteiger partial charge in [0.15, 0.2) is 11.5 Å². The summed E-state index contributed by atoms with van der Waals surface area (Å²) in [6.45, 7) is 1.95. The van der Waals surface area contributed by atoms with E-state index in [-0.39, 0.29) is 5.91 Å². The molecule has 26 heavy (non-hydrogen) atoms. The van der Waals surface area contributed by atoms with Crippen molar-refractivity contribution in [2.75, 3.05) is 34.3 Å². The molecule has 1 fully saturated rings. The van der Waals surface area contributed by atoms with E-state index >= 15 is 0 Å². The van der Waals surface area contributed by atoms with Crippen molar-refractivity contribution in [2.45, 2.75) is 25.5 Å². The van der Waals surface area contributed by atoms with E-state index in [0.717, 1.165) is 31.6 Å². The van der Waals surface area contributed by atoms with Crippen LogP contribution in [0.1, 0.15) is 28.9 Å². The van der Waals surface area contributed by atoms with Crippen molar-refractivity contribution in [3.05, 3.63) is 40.3 Å². The zero-order valence-corrected chi connectivity index (χ0v) is 16.3. The molecular weight excluding hydrogens is 350 g/mol. The summed E-state index contributed by atoms with van der Waals surface area (Å²) in [7, 11) is 5.77. The predicted molar refractivity (Wildman–Crippen MR) is 102 cm³/mol. The van der Waals surface area contributed by atoms with Gasteiger partial charge in [-0.3, -0.25) is 4.79 Å². The van der Waals surface area contributed by atoms with Crippen LogP contribution in [0.2, 0.25) is 0 Å². The molecular formula is C19H25N3O3S. The van der Waals surface area contributed by atoms with E-state index in [1.165, 1.54) is 11.3 Å². The summed E-state index contributed by atoms with van der Waals surface area (Å²) in [4.78, 5) is 21.2. The molecule has 0 unspecified atom stereocenters. The lowest BCUT2D eigenvalue weighted by Gasteiger charge is -2.35. The van der Waals surface area contributed by atoms with E-state index < -0.39 is 0 Å². The molecule has 2 aromatic rings. The van der Waals surface area contributed by atoms with Crippen LogP contribution in [0.4, 0.5) is 0 Å². The summed E-state index contributed by atoms with van der Waals surface area (Å²) in [6, 6.07) is 5.91. The van der Waals surface area contributed by atoms with Crippen LogP contribution >= 0.6 is 11.3 Å². The third kappa shape index (κ3) is 4.34. The lowest BCUT2D eigenvalue weighted by molar-refractivity contribution is 0.0663. The van der Waals surface area contributed by atoms with Crippen LogP contribution in [0.3, 0.4) is 0 Å². The number of hydrogen-bond acceptors (Lipinski definition) is 6. The van der Waals surface area contributed by atoms with Crippen LogP contribution in [0, 0.1) is 0 Å². The van der Waals surface area contributed by atoms with E-state index in [1.54, 1.807) is 30.8 Å². The first-order valence-corrected chi connectivity index (χ1v) is 9.66. The first-order valence-electron chi connectivity index (χ1n) is 8.72. The van der Waals surface area contributed by atoms with Crippen LogP contribution in [0.15, 0.2) is 29.1 Å². The van der Waals surface area contributed by atoms with Gasteiger partial charge in [-0.2, -0.15) is 0 Å². The molecule has 2 heterocycles. The van der Waals surface area contributed by atoms with Crippen LogP contribution in [0.5, 0.6) is 11.5 Å². The van der Waals surface area contributed by atoms with E-state index in [1.807, 2.05) is 10.3 Å². The lowest BCUT2D eigenvalue weighted by atomic mass is 10.0. The number of ether oxygens (including phenoxy) is 2. The van der Waals surface area contributed by atoms with Crippen LogP contribution < -0.4 is 9.47 Å². The van der Waals surface area contributed by atoms with E-state index in [0.29, 0.717) is 29.7 Å². The lowest BCUT2D eigenvalue weighted by Crippen LogP contribution is -2.44. The Morgan fingerprint density at radius 2 is 2.08 bits per heavy atom. The SMILES string of the molecule is COc1cc(C(=O)N2CCC(N(C)C)CC2)ccc1OCc1cscn1. The second kappa shape index (κ2) is 8.51. The monoisotopic (exact) mass is 375 g/mol. The molecule has 0 spiro atoms. The maximum Gasteiger partial charge on any atom is 0.253 e. The minimum Gasteiger partial charge on any atom is -0.493 e. The normalized spacial score (nSPS) is 15.3. The van der Waals surface area contributed by atoms with Gasteiger partial charge in [-0.1, -0.05) is 0 Å². The van der Waals surface area contributed by atoms with Gasteiger partial charge in [0.1, 0.15) is 6.61 Å². The molecule has 1 aliphatic heterocycles. The van der Waals surface area contributed by atoms with Crippen molar-refractivity contribution in [1.82, 2.24) is 14.8 Å². The Hall–Kier alpha value is -2.12. The Morgan fingerprint density at radius 3 is 2.69 bits per heavy atom. The number of rotatable bonds is 6. The maximum atomic E-state index is 12.8. The largest absolute Gasteiger partial charge is 0.493 e. The molecule has 1 aromatic carbocycles. The van der Waals surface area contributed by atoms with Crippen molar-refractivity contribution < 1.29 is 14.3 Å². The van der Waals surface area contributed by atoms with E-state index in [4.69, 9.17) is 9.47 Å². The average molecular weight is 375 g/mol. The van der Waals surface area contributed by atoms with Crippen molar-refractivity contribution in [3.8, 4) is 11.5 Å². The highest BCUT2D eigenvalue weighted by Gasteiger charge is 2.25. The van der Waals surface area contributed by atoms with Gasteiger partial charge in [-0.05, 0) is 45.1 Å². The summed E-state index contributed by atoms with van der Waals surface area (Å²) in [5.41, 5.74) is 3.28. The van der Waals surface area contributed by atoms with Crippen LogP contribution in [0.25, 0.3) is 0 Å². The zero-order valence-electron chi connectivity index (χ0n) is 15.5. The number of piperidine rings is 1. The van der Waals surface area contributed by atoms with Gasteiger partial charge in [0.05, 0.1) is 18.3 Å². The molecule has 0 N–H and O–H groups in total. The first kappa shape index (κ1) is 18.7. The Balaban J connectivity index is 1.65. The summed E-state index contributed by atoms with van der Waals surface area (Å²) in [5.74, 6) is 1.23. The molecule has 7 heteroatoms. The van der Waals surface area contributed by atoms with E-state index in [9.17, 15) is 4.79 Å². The molecule has 0 saturated carbocycles. The minimum atomic E-state index is 0.0477. The quantitative estimate of drug-likeness (QED) is 0.777. The molecule has 6 nitrogen and oxygen atoms in total. The van der Waals surface area contributed by atoms with Gasteiger partial charge >= 0.3 is 0 Å². The van der Waals surface area contributed by atoms with Gasteiger partial charge in [-0.25, -0.2) is 4.98 Å². The molecule has 0 aliphatic carbocycles. The standard InChI is InChI=1S/C19H25N3O3S/c1-21(2)16-6-8-22(9-7-16)19(23)14-4-5-17(18(10-14)24-3)25-11-15-12-26-13-20-15/h4-5,10,12-13,16H,6-9,11H2,1-3H3. The van der Waals surface area contributed by atoms with Gasteiger partial charge in [-0.15, -0.1) is 11.3 Å². The number of benzene rings is 1. The van der Waals surface area contributed by atoms with Gasteiger partial charge in [0.25, 0.3) is 5.91 Å². The highest BCUT2D eigenvalue weighted by atomic mass is 32.1. The first-order chi connectivity index (χ1) is 12.6. The fourth-order valence-corrected chi connectivity index (χ4v) is 3.69. The Kier molecular flexibility index (Phi) is 6.11. The van der Waals surface area contributed by atoms with Crippen LogP contribution in [-0.2, 0) is 6.61 Å². The third-order valence-corrected chi connectivity index (χ3v) is 5.39. The number of likely N-dealkylation sites (tertiary alicyclic amines) is 1.